The van der Waals surface area contributed by atoms with Crippen LogP contribution < -0.4 is 10.5 Å². The van der Waals surface area contributed by atoms with E-state index < -0.39 is 6.04 Å². The third-order valence-electron chi connectivity index (χ3n) is 2.12. The van der Waals surface area contributed by atoms with E-state index in [0.29, 0.717) is 17.2 Å². The van der Waals surface area contributed by atoms with Crippen LogP contribution in [0.5, 0.6) is 5.88 Å². The molecule has 2 rings (SSSR count). The van der Waals surface area contributed by atoms with Gasteiger partial charge >= 0.3 is 0 Å². The maximum atomic E-state index is 8.90. The normalized spacial score (nSPS) is 13.0. The summed E-state index contributed by atoms with van der Waals surface area (Å²) < 4.78 is 6.74. The highest BCUT2D eigenvalue weighted by Crippen LogP contribution is 2.13. The van der Waals surface area contributed by atoms with Gasteiger partial charge in [-0.25, -0.2) is 9.97 Å². The number of hydrogen-bond acceptors (Lipinski definition) is 5. The molecule has 0 amide bonds. The van der Waals surface area contributed by atoms with Crippen LogP contribution in [0.1, 0.15) is 11.7 Å². The molecule has 15 heavy (non-hydrogen) atoms. The molecule has 6 nitrogen and oxygen atoms in total. The number of imidazole rings is 1. The maximum absolute atomic E-state index is 8.90. The van der Waals surface area contributed by atoms with Crippen molar-refractivity contribution in [1.29, 1.82) is 0 Å². The molecule has 0 aliphatic heterocycles. The van der Waals surface area contributed by atoms with Gasteiger partial charge in [0, 0.05) is 6.20 Å². The second kappa shape index (κ2) is 3.84. The number of ether oxygens (including phenoxy) is 1. The van der Waals surface area contributed by atoms with Gasteiger partial charge in [-0.2, -0.15) is 0 Å². The van der Waals surface area contributed by atoms with Gasteiger partial charge in [-0.1, -0.05) is 0 Å². The van der Waals surface area contributed by atoms with Crippen LogP contribution >= 0.6 is 0 Å². The van der Waals surface area contributed by atoms with Crippen molar-refractivity contribution in [2.75, 3.05) is 13.7 Å². The summed E-state index contributed by atoms with van der Waals surface area (Å²) in [7, 11) is 1.55. The Bertz CT molecular complexity index is 468. The van der Waals surface area contributed by atoms with E-state index >= 15 is 0 Å². The van der Waals surface area contributed by atoms with Crippen molar-refractivity contribution in [2.24, 2.45) is 5.73 Å². The number of rotatable bonds is 3. The molecule has 0 saturated carbocycles. The largest absolute Gasteiger partial charge is 0.480 e. The molecule has 0 aliphatic carbocycles. The highest BCUT2D eigenvalue weighted by Gasteiger charge is 2.09. The van der Waals surface area contributed by atoms with Crippen LogP contribution in [-0.2, 0) is 0 Å². The van der Waals surface area contributed by atoms with Crippen LogP contribution in [0, 0.1) is 0 Å². The van der Waals surface area contributed by atoms with E-state index in [2.05, 4.69) is 9.97 Å². The van der Waals surface area contributed by atoms with Crippen molar-refractivity contribution < 1.29 is 9.84 Å². The Morgan fingerprint density at radius 1 is 1.60 bits per heavy atom. The molecule has 0 radical (unpaired) electrons. The summed E-state index contributed by atoms with van der Waals surface area (Å²) in [6.07, 6.45) is 5.04. The Balaban J connectivity index is 2.46. The standard InChI is InChI=1S/C9H12N4O2/c1-15-9-4-13-3-7(6(10)5-14)12-8(13)2-11-9/h2-4,6,14H,5,10H2,1H3. The number of fused-ring (bicyclic) bond motifs is 1. The van der Waals surface area contributed by atoms with Gasteiger partial charge in [0.1, 0.15) is 0 Å². The van der Waals surface area contributed by atoms with Gasteiger partial charge in [-0.3, -0.25) is 0 Å². The molecule has 0 saturated heterocycles. The van der Waals surface area contributed by atoms with E-state index in [-0.39, 0.29) is 6.61 Å². The van der Waals surface area contributed by atoms with E-state index in [0.717, 1.165) is 0 Å². The molecule has 1 unspecified atom stereocenters. The fourth-order valence-electron chi connectivity index (χ4n) is 1.28. The summed E-state index contributed by atoms with van der Waals surface area (Å²) in [6.45, 7) is -0.131. The molecule has 80 valence electrons. The van der Waals surface area contributed by atoms with Crippen molar-refractivity contribution in [3.8, 4) is 5.88 Å². The summed E-state index contributed by atoms with van der Waals surface area (Å²) in [5.74, 6) is 0.504. The zero-order valence-electron chi connectivity index (χ0n) is 8.29. The second-order valence-corrected chi connectivity index (χ2v) is 3.15. The minimum absolute atomic E-state index is 0.131. The molecule has 0 bridgehead atoms. The summed E-state index contributed by atoms with van der Waals surface area (Å²) in [6, 6.07) is -0.462. The van der Waals surface area contributed by atoms with E-state index in [1.807, 2.05) is 0 Å². The quantitative estimate of drug-likeness (QED) is 0.725. The SMILES string of the molecule is COc1cn2cc(C(N)CO)nc2cn1. The molecule has 0 aliphatic rings. The van der Waals surface area contributed by atoms with Gasteiger partial charge in [0.15, 0.2) is 5.65 Å². The number of aliphatic hydroxyl groups is 1. The Morgan fingerprint density at radius 3 is 3.07 bits per heavy atom. The van der Waals surface area contributed by atoms with E-state index in [9.17, 15) is 0 Å². The zero-order valence-corrected chi connectivity index (χ0v) is 8.29. The van der Waals surface area contributed by atoms with Crippen molar-refractivity contribution in [2.45, 2.75) is 6.04 Å². The topological polar surface area (TPSA) is 85.7 Å². The monoisotopic (exact) mass is 208 g/mol. The number of methoxy groups -OCH3 is 1. The fraction of sp³-hybridized carbons (Fsp3) is 0.333. The Labute approximate surface area is 86.3 Å². The molecule has 0 spiro atoms. The lowest BCUT2D eigenvalue weighted by Gasteiger charge is -2.01. The van der Waals surface area contributed by atoms with Gasteiger partial charge < -0.3 is 20.0 Å². The van der Waals surface area contributed by atoms with Crippen molar-refractivity contribution in [3.05, 3.63) is 24.3 Å². The number of nitrogens with two attached hydrogens (primary N) is 1. The van der Waals surface area contributed by atoms with E-state index in [1.165, 1.54) is 0 Å². The predicted octanol–water partition coefficient (Wildman–Crippen LogP) is -0.270. The first kappa shape index (κ1) is 9.88. The van der Waals surface area contributed by atoms with Gasteiger partial charge in [0.25, 0.3) is 0 Å². The average molecular weight is 208 g/mol. The number of hydrogen-bond donors (Lipinski definition) is 2. The van der Waals surface area contributed by atoms with Crippen molar-refractivity contribution >= 4 is 5.65 Å². The van der Waals surface area contributed by atoms with Gasteiger partial charge in [0.05, 0.1) is 37.8 Å². The van der Waals surface area contributed by atoms with Gasteiger partial charge in [-0.15, -0.1) is 0 Å². The average Bonchev–Trinajstić information content (AvgIpc) is 2.70. The van der Waals surface area contributed by atoms with Crippen LogP contribution in [0.2, 0.25) is 0 Å². The van der Waals surface area contributed by atoms with E-state index in [4.69, 9.17) is 15.6 Å². The van der Waals surface area contributed by atoms with Gasteiger partial charge in [-0.05, 0) is 0 Å². The molecule has 3 N–H and O–H groups in total. The molecule has 0 aromatic carbocycles. The first-order chi connectivity index (χ1) is 7.24. The zero-order chi connectivity index (χ0) is 10.8. The molecule has 2 aromatic rings. The molecule has 6 heteroatoms. The predicted molar refractivity (Wildman–Crippen MR) is 53.6 cm³/mol. The summed E-state index contributed by atoms with van der Waals surface area (Å²) in [5, 5.41) is 8.90. The molecular weight excluding hydrogens is 196 g/mol. The Morgan fingerprint density at radius 2 is 2.40 bits per heavy atom. The lowest BCUT2D eigenvalue weighted by atomic mass is 10.2. The van der Waals surface area contributed by atoms with E-state index in [1.54, 1.807) is 30.1 Å². The Hall–Kier alpha value is -1.66. The number of nitrogens with zero attached hydrogens (tertiary/aromatic N) is 3. The Kier molecular flexibility index (Phi) is 2.53. The minimum Gasteiger partial charge on any atom is -0.480 e. The molecule has 0 fully saturated rings. The molecule has 1 atom stereocenters. The number of aromatic nitrogens is 3. The maximum Gasteiger partial charge on any atom is 0.230 e. The molecular formula is C9H12N4O2. The molecule has 2 heterocycles. The van der Waals surface area contributed by atoms with Crippen LogP contribution in [0.15, 0.2) is 18.6 Å². The highest BCUT2D eigenvalue weighted by molar-refractivity contribution is 5.39. The van der Waals surface area contributed by atoms with Crippen LogP contribution in [0.25, 0.3) is 5.65 Å². The third-order valence-corrected chi connectivity index (χ3v) is 2.12. The van der Waals surface area contributed by atoms with Crippen LogP contribution in [0.3, 0.4) is 0 Å². The smallest absolute Gasteiger partial charge is 0.230 e. The van der Waals surface area contributed by atoms with Gasteiger partial charge in [0.2, 0.25) is 5.88 Å². The van der Waals surface area contributed by atoms with Crippen LogP contribution in [-0.4, -0.2) is 33.2 Å². The second-order valence-electron chi connectivity index (χ2n) is 3.15. The third kappa shape index (κ3) is 1.77. The number of aliphatic hydroxyl groups excluding tert-OH is 1. The first-order valence-corrected chi connectivity index (χ1v) is 4.49. The first-order valence-electron chi connectivity index (χ1n) is 4.49. The summed E-state index contributed by atoms with van der Waals surface area (Å²) >= 11 is 0. The lowest BCUT2D eigenvalue weighted by Crippen LogP contribution is -2.14. The summed E-state index contributed by atoms with van der Waals surface area (Å²) in [5.41, 5.74) is 6.96. The minimum atomic E-state index is -0.462. The highest BCUT2D eigenvalue weighted by atomic mass is 16.5. The summed E-state index contributed by atoms with van der Waals surface area (Å²) in [4.78, 5) is 8.23. The van der Waals surface area contributed by atoms with Crippen LogP contribution in [0.4, 0.5) is 0 Å². The lowest BCUT2D eigenvalue weighted by molar-refractivity contribution is 0.266. The molecule has 2 aromatic heterocycles. The van der Waals surface area contributed by atoms with Crippen molar-refractivity contribution in [3.63, 3.8) is 0 Å². The fourth-order valence-corrected chi connectivity index (χ4v) is 1.28. The van der Waals surface area contributed by atoms with Crippen molar-refractivity contribution in [1.82, 2.24) is 14.4 Å².